The van der Waals surface area contributed by atoms with Gasteiger partial charge in [0.15, 0.2) is 0 Å². The Morgan fingerprint density at radius 3 is 2.71 bits per heavy atom. The predicted molar refractivity (Wildman–Crippen MR) is 57.9 cm³/mol. The molecule has 1 N–H and O–H groups in total. The van der Waals surface area contributed by atoms with E-state index in [2.05, 4.69) is 19.2 Å². The Morgan fingerprint density at radius 2 is 2.21 bits per heavy atom. The molecule has 0 aromatic rings. The molecule has 1 rings (SSSR count). The molecule has 1 unspecified atom stereocenters. The normalized spacial score (nSPS) is 22.4. The maximum atomic E-state index is 11.4. The third-order valence-corrected chi connectivity index (χ3v) is 2.77. The van der Waals surface area contributed by atoms with Crippen molar-refractivity contribution in [3.63, 3.8) is 0 Å². The monoisotopic (exact) mass is 198 g/mol. The summed E-state index contributed by atoms with van der Waals surface area (Å²) < 4.78 is 0. The minimum absolute atomic E-state index is 0.238. The third kappa shape index (κ3) is 3.29. The molecule has 0 bridgehead atoms. The molecule has 3 nitrogen and oxygen atoms in total. The molecule has 0 saturated carbocycles. The van der Waals surface area contributed by atoms with Crippen LogP contribution in [-0.2, 0) is 4.79 Å². The van der Waals surface area contributed by atoms with Crippen molar-refractivity contribution in [2.75, 3.05) is 13.1 Å². The lowest BCUT2D eigenvalue weighted by Gasteiger charge is -2.20. The van der Waals surface area contributed by atoms with E-state index in [1.807, 2.05) is 11.8 Å². The molecule has 0 spiro atoms. The molecule has 1 saturated heterocycles. The molecule has 3 heteroatoms. The van der Waals surface area contributed by atoms with Crippen molar-refractivity contribution in [1.82, 2.24) is 10.2 Å². The number of hydrogen-bond donors (Lipinski definition) is 1. The summed E-state index contributed by atoms with van der Waals surface area (Å²) in [4.78, 5) is 13.3. The van der Waals surface area contributed by atoms with E-state index in [9.17, 15) is 4.79 Å². The van der Waals surface area contributed by atoms with Gasteiger partial charge in [-0.2, -0.15) is 0 Å². The van der Waals surface area contributed by atoms with Gasteiger partial charge in [0.1, 0.15) is 0 Å². The van der Waals surface area contributed by atoms with E-state index in [-0.39, 0.29) is 12.1 Å². The molecule has 0 aromatic carbocycles. The fourth-order valence-corrected chi connectivity index (χ4v) is 1.82. The van der Waals surface area contributed by atoms with E-state index in [0.717, 1.165) is 18.9 Å². The highest BCUT2D eigenvalue weighted by molar-refractivity contribution is 5.80. The highest BCUT2D eigenvalue weighted by atomic mass is 16.2. The maximum absolute atomic E-state index is 11.4. The van der Waals surface area contributed by atoms with Gasteiger partial charge < -0.3 is 4.90 Å². The van der Waals surface area contributed by atoms with E-state index in [1.54, 1.807) is 0 Å². The average Bonchev–Trinajstić information content (AvgIpc) is 2.42. The van der Waals surface area contributed by atoms with Gasteiger partial charge in [-0.25, -0.2) is 0 Å². The number of carbonyl (C=O) groups excluding carboxylic acids is 1. The summed E-state index contributed by atoms with van der Waals surface area (Å²) >= 11 is 0. The number of amides is 1. The average molecular weight is 198 g/mol. The van der Waals surface area contributed by atoms with Gasteiger partial charge >= 0.3 is 0 Å². The van der Waals surface area contributed by atoms with Crippen molar-refractivity contribution in [2.45, 2.75) is 46.2 Å². The van der Waals surface area contributed by atoms with E-state index in [1.165, 1.54) is 12.8 Å². The van der Waals surface area contributed by atoms with Crippen LogP contribution in [0.3, 0.4) is 0 Å². The third-order valence-electron chi connectivity index (χ3n) is 2.77. The fraction of sp³-hybridized carbons (Fsp3) is 0.909. The SMILES string of the molecule is CC(C)CCCCN1C(=O)CNC1C. The van der Waals surface area contributed by atoms with Gasteiger partial charge in [0.05, 0.1) is 12.7 Å². The van der Waals surface area contributed by atoms with Crippen molar-refractivity contribution in [2.24, 2.45) is 5.92 Å². The highest BCUT2D eigenvalue weighted by Crippen LogP contribution is 2.10. The number of rotatable bonds is 5. The summed E-state index contributed by atoms with van der Waals surface area (Å²) in [6.07, 6.45) is 3.87. The summed E-state index contributed by atoms with van der Waals surface area (Å²) in [5, 5.41) is 3.15. The molecule has 0 aromatic heterocycles. The van der Waals surface area contributed by atoms with Crippen molar-refractivity contribution < 1.29 is 4.79 Å². The second kappa shape index (κ2) is 5.35. The number of carbonyl (C=O) groups is 1. The zero-order valence-corrected chi connectivity index (χ0v) is 9.55. The van der Waals surface area contributed by atoms with Gasteiger partial charge in [0, 0.05) is 6.54 Å². The van der Waals surface area contributed by atoms with E-state index < -0.39 is 0 Å². The number of hydrogen-bond acceptors (Lipinski definition) is 2. The summed E-state index contributed by atoms with van der Waals surface area (Å²) in [6.45, 7) is 7.97. The van der Waals surface area contributed by atoms with Crippen LogP contribution >= 0.6 is 0 Å². The summed E-state index contributed by atoms with van der Waals surface area (Å²) in [6, 6.07) is 0. The van der Waals surface area contributed by atoms with Gasteiger partial charge in [-0.05, 0) is 19.3 Å². The quantitative estimate of drug-likeness (QED) is 0.680. The summed E-state index contributed by atoms with van der Waals surface area (Å²) in [5.74, 6) is 1.03. The first-order valence-corrected chi connectivity index (χ1v) is 5.64. The van der Waals surface area contributed by atoms with Crippen LogP contribution in [0.5, 0.6) is 0 Å². The first kappa shape index (κ1) is 11.5. The van der Waals surface area contributed by atoms with E-state index >= 15 is 0 Å². The number of unbranched alkanes of at least 4 members (excludes halogenated alkanes) is 1. The van der Waals surface area contributed by atoms with Crippen LogP contribution in [0.2, 0.25) is 0 Å². The Labute approximate surface area is 86.9 Å². The molecular weight excluding hydrogens is 176 g/mol. The van der Waals surface area contributed by atoms with Crippen molar-refractivity contribution >= 4 is 5.91 Å². The number of nitrogens with one attached hydrogen (secondary N) is 1. The van der Waals surface area contributed by atoms with Crippen LogP contribution in [0, 0.1) is 5.92 Å². The van der Waals surface area contributed by atoms with Crippen LogP contribution in [0.15, 0.2) is 0 Å². The molecule has 82 valence electrons. The largest absolute Gasteiger partial charge is 0.326 e. The Balaban J connectivity index is 2.14. The summed E-state index contributed by atoms with van der Waals surface area (Å²) in [7, 11) is 0. The molecule has 0 aliphatic carbocycles. The standard InChI is InChI=1S/C11H22N2O/c1-9(2)6-4-5-7-13-10(3)12-8-11(13)14/h9-10,12H,4-8H2,1-3H3. The second-order valence-electron chi connectivity index (χ2n) is 4.53. The Morgan fingerprint density at radius 1 is 1.50 bits per heavy atom. The second-order valence-corrected chi connectivity index (χ2v) is 4.53. The van der Waals surface area contributed by atoms with Gasteiger partial charge in [-0.3, -0.25) is 10.1 Å². The molecule has 1 fully saturated rings. The molecule has 0 radical (unpaired) electrons. The Hall–Kier alpha value is -0.570. The fourth-order valence-electron chi connectivity index (χ4n) is 1.82. The van der Waals surface area contributed by atoms with Crippen LogP contribution in [0.25, 0.3) is 0 Å². The first-order chi connectivity index (χ1) is 6.61. The summed E-state index contributed by atoms with van der Waals surface area (Å²) in [5.41, 5.74) is 0. The van der Waals surface area contributed by atoms with Crippen molar-refractivity contribution in [1.29, 1.82) is 0 Å². The van der Waals surface area contributed by atoms with Gasteiger partial charge in [0.2, 0.25) is 5.91 Å². The molecular formula is C11H22N2O. The Bertz CT molecular complexity index is 192. The van der Waals surface area contributed by atoms with Crippen molar-refractivity contribution in [3.8, 4) is 0 Å². The number of nitrogens with zero attached hydrogens (tertiary/aromatic N) is 1. The van der Waals surface area contributed by atoms with Gasteiger partial charge in [0.25, 0.3) is 0 Å². The topological polar surface area (TPSA) is 32.3 Å². The van der Waals surface area contributed by atoms with Crippen LogP contribution in [-0.4, -0.2) is 30.1 Å². The van der Waals surface area contributed by atoms with Crippen LogP contribution in [0.1, 0.15) is 40.0 Å². The van der Waals surface area contributed by atoms with E-state index in [0.29, 0.717) is 6.54 Å². The molecule has 1 atom stereocenters. The lowest BCUT2D eigenvalue weighted by atomic mass is 10.1. The van der Waals surface area contributed by atoms with Crippen molar-refractivity contribution in [3.05, 3.63) is 0 Å². The zero-order valence-electron chi connectivity index (χ0n) is 9.55. The lowest BCUT2D eigenvalue weighted by molar-refractivity contribution is -0.127. The highest BCUT2D eigenvalue weighted by Gasteiger charge is 2.25. The zero-order chi connectivity index (χ0) is 10.6. The first-order valence-electron chi connectivity index (χ1n) is 5.64. The maximum Gasteiger partial charge on any atom is 0.237 e. The predicted octanol–water partition coefficient (Wildman–Crippen LogP) is 1.59. The molecule has 1 amide bonds. The Kier molecular flexibility index (Phi) is 4.39. The molecule has 1 aliphatic rings. The van der Waals surface area contributed by atoms with E-state index in [4.69, 9.17) is 0 Å². The van der Waals surface area contributed by atoms with Gasteiger partial charge in [-0.15, -0.1) is 0 Å². The molecule has 1 heterocycles. The van der Waals surface area contributed by atoms with Gasteiger partial charge in [-0.1, -0.05) is 26.7 Å². The smallest absolute Gasteiger partial charge is 0.237 e. The minimum Gasteiger partial charge on any atom is -0.326 e. The van der Waals surface area contributed by atoms with Crippen LogP contribution in [0.4, 0.5) is 0 Å². The lowest BCUT2D eigenvalue weighted by Crippen LogP contribution is -2.35. The minimum atomic E-state index is 0.238. The molecule has 14 heavy (non-hydrogen) atoms. The van der Waals surface area contributed by atoms with Crippen LogP contribution < -0.4 is 5.32 Å². The molecule has 1 aliphatic heterocycles.